The van der Waals surface area contributed by atoms with Gasteiger partial charge in [-0.15, -0.1) is 0 Å². The molecule has 2 heterocycles. The molecule has 1 aromatic rings. The number of sulfonamides is 1. The van der Waals surface area contributed by atoms with E-state index in [1.807, 2.05) is 0 Å². The Labute approximate surface area is 159 Å². The number of piperidine rings is 1. The minimum absolute atomic E-state index is 0.0289. The molecule has 0 aromatic heterocycles. The molecule has 0 saturated carbocycles. The third-order valence-electron chi connectivity index (χ3n) is 4.71. The number of nitrogens with zero attached hydrogens (tertiary/aromatic N) is 2. The minimum Gasteiger partial charge on any atom is -0.452 e. The van der Waals surface area contributed by atoms with Crippen LogP contribution in [0.3, 0.4) is 0 Å². The fourth-order valence-corrected chi connectivity index (χ4v) is 4.62. The largest absolute Gasteiger partial charge is 0.452 e. The number of carbonyl (C=O) groups is 2. The van der Waals surface area contributed by atoms with E-state index in [9.17, 15) is 18.0 Å². The van der Waals surface area contributed by atoms with Crippen molar-refractivity contribution in [1.82, 2.24) is 9.21 Å². The first-order valence-electron chi connectivity index (χ1n) is 9.11. The zero-order valence-electron chi connectivity index (χ0n) is 15.1. The highest BCUT2D eigenvalue weighted by Crippen LogP contribution is 2.19. The number of rotatable bonds is 5. The summed E-state index contributed by atoms with van der Waals surface area (Å²) in [6.45, 7) is 2.29. The van der Waals surface area contributed by atoms with E-state index in [4.69, 9.17) is 9.47 Å². The normalized spacial score (nSPS) is 18.9. The second-order valence-electron chi connectivity index (χ2n) is 6.56. The van der Waals surface area contributed by atoms with Crippen molar-refractivity contribution in [3.8, 4) is 0 Å². The molecule has 0 aliphatic carbocycles. The van der Waals surface area contributed by atoms with Gasteiger partial charge in [-0.3, -0.25) is 4.79 Å². The summed E-state index contributed by atoms with van der Waals surface area (Å²) in [5.74, 6) is -0.931. The molecule has 0 bridgehead atoms. The van der Waals surface area contributed by atoms with Crippen LogP contribution in [-0.2, 0) is 24.3 Å². The van der Waals surface area contributed by atoms with Gasteiger partial charge >= 0.3 is 5.97 Å². The average molecular weight is 396 g/mol. The summed E-state index contributed by atoms with van der Waals surface area (Å²) in [7, 11) is -3.70. The van der Waals surface area contributed by atoms with Gasteiger partial charge in [-0.25, -0.2) is 13.2 Å². The summed E-state index contributed by atoms with van der Waals surface area (Å²) < 4.78 is 37.0. The zero-order chi connectivity index (χ0) is 19.3. The van der Waals surface area contributed by atoms with Crippen molar-refractivity contribution < 1.29 is 27.5 Å². The third kappa shape index (κ3) is 4.85. The molecular weight excluding hydrogens is 372 g/mol. The smallest absolute Gasteiger partial charge is 0.338 e. The summed E-state index contributed by atoms with van der Waals surface area (Å²) in [4.78, 5) is 26.1. The maximum Gasteiger partial charge on any atom is 0.338 e. The van der Waals surface area contributed by atoms with Crippen molar-refractivity contribution in [2.75, 3.05) is 46.0 Å². The molecule has 8 nitrogen and oxygen atoms in total. The summed E-state index contributed by atoms with van der Waals surface area (Å²) in [5, 5.41) is 0. The lowest BCUT2D eigenvalue weighted by atomic mass is 10.1. The van der Waals surface area contributed by atoms with Crippen molar-refractivity contribution in [3.63, 3.8) is 0 Å². The van der Waals surface area contributed by atoms with Crippen LogP contribution in [0.2, 0.25) is 0 Å². The van der Waals surface area contributed by atoms with E-state index < -0.39 is 16.0 Å². The van der Waals surface area contributed by atoms with Crippen molar-refractivity contribution >= 4 is 21.9 Å². The number of likely N-dealkylation sites (tertiary alicyclic amines) is 1. The van der Waals surface area contributed by atoms with E-state index in [0.29, 0.717) is 26.3 Å². The Morgan fingerprint density at radius 1 is 1.04 bits per heavy atom. The molecule has 1 aromatic carbocycles. The van der Waals surface area contributed by atoms with Gasteiger partial charge in [0.15, 0.2) is 6.61 Å². The van der Waals surface area contributed by atoms with Crippen molar-refractivity contribution in [2.24, 2.45) is 0 Å². The van der Waals surface area contributed by atoms with Crippen LogP contribution >= 0.6 is 0 Å². The van der Waals surface area contributed by atoms with Crippen molar-refractivity contribution in [3.05, 3.63) is 29.8 Å². The molecule has 0 atom stereocenters. The molecule has 27 heavy (non-hydrogen) atoms. The van der Waals surface area contributed by atoms with Crippen LogP contribution in [0.1, 0.15) is 29.6 Å². The summed E-state index contributed by atoms with van der Waals surface area (Å²) in [6, 6.07) is 5.71. The number of esters is 1. The number of carbonyl (C=O) groups excluding carboxylic acids is 2. The molecule has 9 heteroatoms. The van der Waals surface area contributed by atoms with E-state index in [0.717, 1.165) is 19.3 Å². The Bertz CT molecular complexity index is 783. The van der Waals surface area contributed by atoms with E-state index in [1.54, 1.807) is 4.90 Å². The predicted octanol–water partition coefficient (Wildman–Crippen LogP) is 0.877. The first kappa shape index (κ1) is 19.8. The quantitative estimate of drug-likeness (QED) is 0.686. The monoisotopic (exact) mass is 396 g/mol. The molecule has 0 radical (unpaired) electrons. The maximum atomic E-state index is 12.7. The topological polar surface area (TPSA) is 93.2 Å². The molecule has 148 valence electrons. The van der Waals surface area contributed by atoms with Gasteiger partial charge in [0.25, 0.3) is 5.91 Å². The van der Waals surface area contributed by atoms with Crippen LogP contribution < -0.4 is 0 Å². The van der Waals surface area contributed by atoms with E-state index in [1.165, 1.54) is 28.6 Å². The number of morpholine rings is 1. The van der Waals surface area contributed by atoms with Gasteiger partial charge in [-0.2, -0.15) is 4.31 Å². The highest BCUT2D eigenvalue weighted by molar-refractivity contribution is 7.89. The molecule has 2 aliphatic rings. The molecule has 0 spiro atoms. The lowest BCUT2D eigenvalue weighted by Gasteiger charge is -2.26. The van der Waals surface area contributed by atoms with Crippen LogP contribution in [-0.4, -0.2) is 75.5 Å². The number of ether oxygens (including phenoxy) is 2. The van der Waals surface area contributed by atoms with Gasteiger partial charge in [-0.1, -0.05) is 6.07 Å². The molecule has 0 unspecified atom stereocenters. The van der Waals surface area contributed by atoms with E-state index in [-0.39, 0.29) is 36.1 Å². The van der Waals surface area contributed by atoms with Crippen LogP contribution in [0.4, 0.5) is 0 Å². The van der Waals surface area contributed by atoms with Gasteiger partial charge < -0.3 is 14.4 Å². The number of amides is 1. The molecule has 3 rings (SSSR count). The van der Waals surface area contributed by atoms with Gasteiger partial charge in [0.2, 0.25) is 10.0 Å². The number of hydrogen-bond donors (Lipinski definition) is 0. The Morgan fingerprint density at radius 2 is 1.74 bits per heavy atom. The number of hydrogen-bond acceptors (Lipinski definition) is 6. The van der Waals surface area contributed by atoms with Gasteiger partial charge in [0.1, 0.15) is 0 Å². The van der Waals surface area contributed by atoms with Gasteiger partial charge in [0.05, 0.1) is 23.7 Å². The second kappa shape index (κ2) is 8.81. The molecular formula is C18H24N2O6S. The van der Waals surface area contributed by atoms with Crippen molar-refractivity contribution in [2.45, 2.75) is 24.2 Å². The molecule has 2 saturated heterocycles. The molecule has 2 aliphatic heterocycles. The summed E-state index contributed by atoms with van der Waals surface area (Å²) in [5.41, 5.74) is 0.107. The predicted molar refractivity (Wildman–Crippen MR) is 96.7 cm³/mol. The summed E-state index contributed by atoms with van der Waals surface area (Å²) in [6.07, 6.45) is 3.02. The Hall–Kier alpha value is -1.97. The highest BCUT2D eigenvalue weighted by atomic mass is 32.2. The standard InChI is InChI=1S/C18H24N2O6S/c21-17(19-7-2-1-3-8-19)14-26-18(22)15-5-4-6-16(13-15)27(23,24)20-9-11-25-12-10-20/h4-6,13H,1-3,7-12,14H2. The molecule has 1 amide bonds. The first-order valence-corrected chi connectivity index (χ1v) is 10.6. The Morgan fingerprint density at radius 3 is 2.44 bits per heavy atom. The molecule has 2 fully saturated rings. The second-order valence-corrected chi connectivity index (χ2v) is 8.50. The van der Waals surface area contributed by atoms with Gasteiger partial charge in [-0.05, 0) is 37.5 Å². The lowest BCUT2D eigenvalue weighted by molar-refractivity contribution is -0.135. The van der Waals surface area contributed by atoms with Crippen molar-refractivity contribution in [1.29, 1.82) is 0 Å². The highest BCUT2D eigenvalue weighted by Gasteiger charge is 2.27. The molecule has 0 N–H and O–H groups in total. The first-order chi connectivity index (χ1) is 13.0. The maximum absolute atomic E-state index is 12.7. The van der Waals surface area contributed by atoms with Gasteiger partial charge in [0, 0.05) is 26.2 Å². The van der Waals surface area contributed by atoms with Crippen LogP contribution in [0, 0.1) is 0 Å². The van der Waals surface area contributed by atoms with Crippen LogP contribution in [0.25, 0.3) is 0 Å². The fraction of sp³-hybridized carbons (Fsp3) is 0.556. The lowest BCUT2D eigenvalue weighted by Crippen LogP contribution is -2.40. The Balaban J connectivity index is 1.64. The van der Waals surface area contributed by atoms with Crippen LogP contribution in [0.15, 0.2) is 29.2 Å². The Kier molecular flexibility index (Phi) is 6.46. The average Bonchev–Trinajstić information content (AvgIpc) is 2.73. The zero-order valence-corrected chi connectivity index (χ0v) is 15.9. The SMILES string of the molecule is O=C(OCC(=O)N1CCCCC1)c1cccc(S(=O)(=O)N2CCOCC2)c1. The van der Waals surface area contributed by atoms with Crippen LogP contribution in [0.5, 0.6) is 0 Å². The third-order valence-corrected chi connectivity index (χ3v) is 6.61. The number of benzene rings is 1. The fourth-order valence-electron chi connectivity index (χ4n) is 3.16. The minimum atomic E-state index is -3.70. The summed E-state index contributed by atoms with van der Waals surface area (Å²) >= 11 is 0. The van der Waals surface area contributed by atoms with E-state index >= 15 is 0 Å². The van der Waals surface area contributed by atoms with E-state index in [2.05, 4.69) is 0 Å².